The summed E-state index contributed by atoms with van der Waals surface area (Å²) in [5, 5.41) is 3.10. The first-order valence-corrected chi connectivity index (χ1v) is 9.64. The maximum Gasteiger partial charge on any atom is 0.338 e. The summed E-state index contributed by atoms with van der Waals surface area (Å²) >= 11 is 5.83. The van der Waals surface area contributed by atoms with Gasteiger partial charge in [-0.05, 0) is 48.4 Å². The molecule has 0 fully saturated rings. The van der Waals surface area contributed by atoms with Crippen molar-refractivity contribution in [3.05, 3.63) is 64.2 Å². The van der Waals surface area contributed by atoms with Crippen molar-refractivity contribution < 1.29 is 33.4 Å². The fraction of sp³-hybridized carbons (Fsp3) is 0.273. The van der Waals surface area contributed by atoms with Crippen molar-refractivity contribution in [3.8, 4) is 5.75 Å². The number of hydrogen-bond acceptors (Lipinski definition) is 7. The van der Waals surface area contributed by atoms with E-state index in [1.54, 1.807) is 26.0 Å². The Kier molecular flexibility index (Phi) is 8.15. The molecule has 0 aromatic heterocycles. The third-order valence-corrected chi connectivity index (χ3v) is 4.53. The van der Waals surface area contributed by atoms with Gasteiger partial charge in [0.1, 0.15) is 11.8 Å². The first kappa shape index (κ1) is 23.9. The van der Waals surface area contributed by atoms with Crippen LogP contribution in [0.2, 0.25) is 5.02 Å². The number of carbonyl (C=O) groups is 4. The van der Waals surface area contributed by atoms with E-state index in [1.807, 2.05) is 0 Å². The number of nitrogens with one attached hydrogen (secondary N) is 1. The normalized spacial score (nSPS) is 11.4. The lowest BCUT2D eigenvalue weighted by Gasteiger charge is -2.21. The highest BCUT2D eigenvalue weighted by Gasteiger charge is 2.27. The number of ether oxygens (including phenoxy) is 3. The standard InChI is InChI=1S/C22H22ClNO7/c1-12(2)18(24-19(25)13-5-7-16(23)8-6-13)22(28)31-17-10-14(20(26)29-3)9-15(11-17)21(27)30-4/h5-12,18H,1-4H3,(H,24,25)/t18-/m0/s1. The van der Waals surface area contributed by atoms with E-state index in [4.69, 9.17) is 16.3 Å². The minimum absolute atomic E-state index is 0.000466. The molecular weight excluding hydrogens is 426 g/mol. The Balaban J connectivity index is 2.26. The summed E-state index contributed by atoms with van der Waals surface area (Å²) in [7, 11) is 2.36. The van der Waals surface area contributed by atoms with Crippen LogP contribution in [0, 0.1) is 5.92 Å². The molecule has 1 atom stereocenters. The maximum absolute atomic E-state index is 12.8. The fourth-order valence-corrected chi connectivity index (χ4v) is 2.76. The molecule has 2 aromatic rings. The van der Waals surface area contributed by atoms with Crippen LogP contribution in [0.15, 0.2) is 42.5 Å². The lowest BCUT2D eigenvalue weighted by Crippen LogP contribution is -2.46. The summed E-state index contributed by atoms with van der Waals surface area (Å²) in [5.41, 5.74) is 0.322. The highest BCUT2D eigenvalue weighted by molar-refractivity contribution is 6.30. The smallest absolute Gasteiger partial charge is 0.338 e. The average molecular weight is 448 g/mol. The number of methoxy groups -OCH3 is 2. The van der Waals surface area contributed by atoms with Gasteiger partial charge in [0.25, 0.3) is 5.91 Å². The second-order valence-electron chi connectivity index (χ2n) is 6.85. The van der Waals surface area contributed by atoms with Crippen LogP contribution in [0.25, 0.3) is 0 Å². The summed E-state index contributed by atoms with van der Waals surface area (Å²) in [5.74, 6) is -3.08. The Morgan fingerprint density at radius 2 is 1.35 bits per heavy atom. The molecule has 1 amide bonds. The predicted molar refractivity (Wildman–Crippen MR) is 112 cm³/mol. The first-order valence-electron chi connectivity index (χ1n) is 9.26. The van der Waals surface area contributed by atoms with Crippen LogP contribution < -0.4 is 10.1 Å². The highest BCUT2D eigenvalue weighted by atomic mass is 35.5. The molecule has 0 radical (unpaired) electrons. The van der Waals surface area contributed by atoms with E-state index in [0.29, 0.717) is 10.6 Å². The molecule has 2 aromatic carbocycles. The largest absolute Gasteiger partial charge is 0.465 e. The number of esters is 3. The van der Waals surface area contributed by atoms with Gasteiger partial charge in [-0.1, -0.05) is 25.4 Å². The minimum atomic E-state index is -0.994. The number of benzene rings is 2. The molecule has 0 aliphatic carbocycles. The van der Waals surface area contributed by atoms with Gasteiger partial charge < -0.3 is 19.5 Å². The minimum Gasteiger partial charge on any atom is -0.465 e. The summed E-state index contributed by atoms with van der Waals surface area (Å²) in [6.07, 6.45) is 0. The first-order chi connectivity index (χ1) is 14.7. The van der Waals surface area contributed by atoms with Crippen LogP contribution in [-0.4, -0.2) is 44.1 Å². The quantitative estimate of drug-likeness (QED) is 0.512. The van der Waals surface area contributed by atoms with Crippen LogP contribution in [-0.2, 0) is 14.3 Å². The van der Waals surface area contributed by atoms with Gasteiger partial charge in [0.05, 0.1) is 25.3 Å². The highest BCUT2D eigenvalue weighted by Crippen LogP contribution is 2.21. The van der Waals surface area contributed by atoms with Gasteiger partial charge >= 0.3 is 17.9 Å². The molecule has 0 heterocycles. The Hall–Kier alpha value is -3.39. The molecule has 0 saturated carbocycles. The van der Waals surface area contributed by atoms with Crippen LogP contribution in [0.1, 0.15) is 44.9 Å². The van der Waals surface area contributed by atoms with Crippen molar-refractivity contribution in [2.24, 2.45) is 5.92 Å². The lowest BCUT2D eigenvalue weighted by molar-refractivity contribution is -0.137. The molecule has 8 nitrogen and oxygen atoms in total. The molecule has 2 rings (SSSR count). The molecule has 0 unspecified atom stereocenters. The third kappa shape index (κ3) is 6.29. The van der Waals surface area contributed by atoms with E-state index in [2.05, 4.69) is 14.8 Å². The molecule has 1 N–H and O–H groups in total. The summed E-state index contributed by atoms with van der Waals surface area (Å²) in [6.45, 7) is 3.47. The van der Waals surface area contributed by atoms with Gasteiger partial charge in [-0.3, -0.25) is 4.79 Å². The van der Waals surface area contributed by atoms with Crippen molar-refractivity contribution >= 4 is 35.4 Å². The summed E-state index contributed by atoms with van der Waals surface area (Å²) in [6, 6.07) is 8.97. The number of amides is 1. The van der Waals surface area contributed by atoms with E-state index in [1.165, 1.54) is 44.6 Å². The topological polar surface area (TPSA) is 108 Å². The molecule has 0 bridgehead atoms. The number of carbonyl (C=O) groups excluding carboxylic acids is 4. The summed E-state index contributed by atoms with van der Waals surface area (Å²) in [4.78, 5) is 49.1. The van der Waals surface area contributed by atoms with E-state index in [0.717, 1.165) is 0 Å². The number of rotatable bonds is 7. The Bertz CT molecular complexity index is 952. The second kappa shape index (κ2) is 10.6. The van der Waals surface area contributed by atoms with Crippen LogP contribution in [0.4, 0.5) is 0 Å². The zero-order chi connectivity index (χ0) is 23.1. The monoisotopic (exact) mass is 447 g/mol. The molecule has 0 aliphatic heterocycles. The van der Waals surface area contributed by atoms with Gasteiger partial charge in [0.15, 0.2) is 0 Å². The molecule has 0 spiro atoms. The molecular formula is C22H22ClNO7. The van der Waals surface area contributed by atoms with Gasteiger partial charge in [-0.15, -0.1) is 0 Å². The number of halogens is 1. The van der Waals surface area contributed by atoms with Crippen molar-refractivity contribution in [3.63, 3.8) is 0 Å². The van der Waals surface area contributed by atoms with Crippen molar-refractivity contribution in [1.82, 2.24) is 5.32 Å². The fourth-order valence-electron chi connectivity index (χ4n) is 2.63. The predicted octanol–water partition coefficient (Wildman–Crippen LogP) is 3.27. The van der Waals surface area contributed by atoms with Gasteiger partial charge in [0.2, 0.25) is 0 Å². The van der Waals surface area contributed by atoms with Gasteiger partial charge in [-0.2, -0.15) is 0 Å². The van der Waals surface area contributed by atoms with Crippen molar-refractivity contribution in [2.45, 2.75) is 19.9 Å². The molecule has 31 heavy (non-hydrogen) atoms. The Morgan fingerprint density at radius 1 is 0.839 bits per heavy atom. The Labute approximate surface area is 184 Å². The molecule has 0 aliphatic rings. The average Bonchev–Trinajstić information content (AvgIpc) is 2.75. The zero-order valence-corrected chi connectivity index (χ0v) is 18.2. The maximum atomic E-state index is 12.8. The van der Waals surface area contributed by atoms with Crippen LogP contribution in [0.3, 0.4) is 0 Å². The van der Waals surface area contributed by atoms with E-state index in [9.17, 15) is 19.2 Å². The number of hydrogen-bond donors (Lipinski definition) is 1. The Morgan fingerprint density at radius 3 is 1.81 bits per heavy atom. The SMILES string of the molecule is COC(=O)c1cc(OC(=O)[C@@H](NC(=O)c2ccc(Cl)cc2)C(C)C)cc(C(=O)OC)c1. The van der Waals surface area contributed by atoms with Gasteiger partial charge in [0, 0.05) is 10.6 Å². The van der Waals surface area contributed by atoms with Crippen LogP contribution in [0.5, 0.6) is 5.75 Å². The molecule has 0 saturated heterocycles. The zero-order valence-electron chi connectivity index (χ0n) is 17.4. The van der Waals surface area contributed by atoms with Crippen LogP contribution >= 0.6 is 11.6 Å². The molecule has 9 heteroatoms. The van der Waals surface area contributed by atoms with Crippen molar-refractivity contribution in [2.75, 3.05) is 14.2 Å². The van der Waals surface area contributed by atoms with E-state index < -0.39 is 29.9 Å². The molecule has 164 valence electrons. The van der Waals surface area contributed by atoms with E-state index >= 15 is 0 Å². The summed E-state index contributed by atoms with van der Waals surface area (Å²) < 4.78 is 14.7. The van der Waals surface area contributed by atoms with E-state index in [-0.39, 0.29) is 22.8 Å². The lowest BCUT2D eigenvalue weighted by atomic mass is 10.0. The third-order valence-electron chi connectivity index (χ3n) is 4.28. The van der Waals surface area contributed by atoms with Crippen molar-refractivity contribution in [1.29, 1.82) is 0 Å². The second-order valence-corrected chi connectivity index (χ2v) is 7.29. The van der Waals surface area contributed by atoms with Gasteiger partial charge in [-0.25, -0.2) is 14.4 Å².